The van der Waals surface area contributed by atoms with Crippen molar-refractivity contribution in [3.05, 3.63) is 88.8 Å². The molecule has 204 valence electrons. The lowest BCUT2D eigenvalue weighted by Gasteiger charge is -2.35. The number of piperidine rings is 1. The van der Waals surface area contributed by atoms with E-state index in [1.807, 2.05) is 11.6 Å². The standard InChI is InChI=1S/C29H25F2N5O2S2/c1-17-24(36-14-15-39-29(36)33-17)26(37)32-16-20-6-4-5-13-35(20)28(38)23-25(18-9-11-19(30)12-10-18)40-27(34-23)21-7-2-3-8-22(21)31/h2-3,7-12,14-15,20H,4-6,13,16H2,1H3,(H,32,37)/t20-/m0/s1. The summed E-state index contributed by atoms with van der Waals surface area (Å²) in [6.45, 7) is 2.59. The summed E-state index contributed by atoms with van der Waals surface area (Å²) >= 11 is 2.66. The molecule has 11 heteroatoms. The van der Waals surface area contributed by atoms with Crippen LogP contribution in [0.4, 0.5) is 8.78 Å². The molecule has 1 atom stereocenters. The maximum atomic E-state index is 14.7. The summed E-state index contributed by atoms with van der Waals surface area (Å²) in [4.78, 5) is 39.3. The van der Waals surface area contributed by atoms with Crippen molar-refractivity contribution in [1.29, 1.82) is 0 Å². The van der Waals surface area contributed by atoms with Crippen LogP contribution in [-0.2, 0) is 0 Å². The average molecular weight is 578 g/mol. The maximum absolute atomic E-state index is 14.7. The molecule has 2 amide bonds. The molecular weight excluding hydrogens is 552 g/mol. The molecule has 5 aromatic rings. The molecule has 3 aromatic heterocycles. The fourth-order valence-corrected chi connectivity index (χ4v) is 6.94. The number of hydrogen-bond donors (Lipinski definition) is 1. The van der Waals surface area contributed by atoms with Gasteiger partial charge in [-0.05, 0) is 56.0 Å². The molecule has 1 N–H and O–H groups in total. The topological polar surface area (TPSA) is 79.6 Å². The van der Waals surface area contributed by atoms with Crippen LogP contribution in [0.3, 0.4) is 0 Å². The van der Waals surface area contributed by atoms with Crippen molar-refractivity contribution in [2.75, 3.05) is 13.1 Å². The second-order valence-corrected chi connectivity index (χ2v) is 11.5. The fourth-order valence-electron chi connectivity index (χ4n) is 5.09. The summed E-state index contributed by atoms with van der Waals surface area (Å²) in [5.41, 5.74) is 2.25. The third-order valence-electron chi connectivity index (χ3n) is 7.08. The normalized spacial score (nSPS) is 15.5. The summed E-state index contributed by atoms with van der Waals surface area (Å²) < 4.78 is 30.1. The molecule has 4 heterocycles. The van der Waals surface area contributed by atoms with Crippen molar-refractivity contribution in [2.45, 2.75) is 32.2 Å². The van der Waals surface area contributed by atoms with Crippen LogP contribution in [0, 0.1) is 18.6 Å². The third-order valence-corrected chi connectivity index (χ3v) is 8.97. The fraction of sp³-hybridized carbons (Fsp3) is 0.241. The van der Waals surface area contributed by atoms with E-state index in [9.17, 15) is 18.4 Å². The van der Waals surface area contributed by atoms with Crippen molar-refractivity contribution >= 4 is 39.4 Å². The number of likely N-dealkylation sites (tertiary alicyclic amines) is 1. The zero-order chi connectivity index (χ0) is 27.8. The molecule has 40 heavy (non-hydrogen) atoms. The minimum Gasteiger partial charge on any atom is -0.349 e. The first kappa shape index (κ1) is 26.3. The summed E-state index contributed by atoms with van der Waals surface area (Å²) in [5.74, 6) is -1.37. The lowest BCUT2D eigenvalue weighted by atomic mass is 10.0. The van der Waals surface area contributed by atoms with Crippen LogP contribution in [0.2, 0.25) is 0 Å². The molecule has 0 bridgehead atoms. The molecule has 0 saturated carbocycles. The first-order valence-corrected chi connectivity index (χ1v) is 14.6. The Morgan fingerprint density at radius 3 is 2.67 bits per heavy atom. The molecule has 0 unspecified atom stereocenters. The SMILES string of the molecule is Cc1nc2sccn2c1C(=O)NC[C@@H]1CCCCN1C(=O)c1nc(-c2ccccc2F)sc1-c1ccc(F)cc1. The summed E-state index contributed by atoms with van der Waals surface area (Å²) in [5, 5.41) is 5.26. The van der Waals surface area contributed by atoms with Crippen molar-refractivity contribution in [3.8, 4) is 21.0 Å². The van der Waals surface area contributed by atoms with Crippen molar-refractivity contribution in [2.24, 2.45) is 0 Å². The van der Waals surface area contributed by atoms with E-state index in [-0.39, 0.29) is 30.1 Å². The van der Waals surface area contributed by atoms with Crippen LogP contribution in [0.15, 0.2) is 60.1 Å². The van der Waals surface area contributed by atoms with Gasteiger partial charge in [0.15, 0.2) is 4.96 Å². The Morgan fingerprint density at radius 1 is 1.07 bits per heavy atom. The number of thiazole rings is 2. The number of rotatable bonds is 6. The number of imidazole rings is 1. The predicted molar refractivity (Wildman–Crippen MR) is 152 cm³/mol. The van der Waals surface area contributed by atoms with Gasteiger partial charge in [-0.2, -0.15) is 0 Å². The smallest absolute Gasteiger partial charge is 0.274 e. The highest BCUT2D eigenvalue weighted by molar-refractivity contribution is 7.18. The number of amides is 2. The quantitative estimate of drug-likeness (QED) is 0.261. The lowest BCUT2D eigenvalue weighted by molar-refractivity contribution is 0.0598. The van der Waals surface area contributed by atoms with Gasteiger partial charge in [0.05, 0.1) is 10.6 Å². The van der Waals surface area contributed by atoms with Crippen molar-refractivity contribution < 1.29 is 18.4 Å². The Balaban J connectivity index is 1.30. The Labute approximate surface area is 237 Å². The van der Waals surface area contributed by atoms with Gasteiger partial charge in [0, 0.05) is 36.3 Å². The zero-order valence-electron chi connectivity index (χ0n) is 21.6. The summed E-state index contributed by atoms with van der Waals surface area (Å²) in [6.07, 6.45) is 4.29. The molecule has 1 aliphatic heterocycles. The number of fused-ring (bicyclic) bond motifs is 1. The monoisotopic (exact) mass is 577 g/mol. The molecule has 7 nitrogen and oxygen atoms in total. The van der Waals surface area contributed by atoms with E-state index in [2.05, 4.69) is 15.3 Å². The molecule has 1 fully saturated rings. The minimum atomic E-state index is -0.436. The van der Waals surface area contributed by atoms with Crippen LogP contribution in [0.25, 0.3) is 26.0 Å². The Morgan fingerprint density at radius 2 is 1.88 bits per heavy atom. The number of benzene rings is 2. The molecule has 2 aromatic carbocycles. The first-order valence-electron chi connectivity index (χ1n) is 12.9. The maximum Gasteiger partial charge on any atom is 0.274 e. The van der Waals surface area contributed by atoms with Crippen LogP contribution in [0.5, 0.6) is 0 Å². The van der Waals surface area contributed by atoms with Gasteiger partial charge in [0.1, 0.15) is 28.0 Å². The third kappa shape index (κ3) is 4.90. The molecule has 0 aliphatic carbocycles. The molecular formula is C29H25F2N5O2S2. The number of nitrogens with zero attached hydrogens (tertiary/aromatic N) is 4. The van der Waals surface area contributed by atoms with Gasteiger partial charge in [0.2, 0.25) is 0 Å². The average Bonchev–Trinajstić information content (AvgIpc) is 3.67. The minimum absolute atomic E-state index is 0.194. The number of hydrogen-bond acceptors (Lipinski definition) is 6. The van der Waals surface area contributed by atoms with E-state index >= 15 is 0 Å². The van der Waals surface area contributed by atoms with Gasteiger partial charge < -0.3 is 10.2 Å². The van der Waals surface area contributed by atoms with E-state index in [0.717, 1.165) is 24.2 Å². The van der Waals surface area contributed by atoms with Gasteiger partial charge >= 0.3 is 0 Å². The zero-order valence-corrected chi connectivity index (χ0v) is 23.2. The first-order chi connectivity index (χ1) is 19.4. The van der Waals surface area contributed by atoms with E-state index < -0.39 is 11.6 Å². The number of aromatic nitrogens is 3. The van der Waals surface area contributed by atoms with Crippen LogP contribution < -0.4 is 5.32 Å². The van der Waals surface area contributed by atoms with Crippen LogP contribution in [0.1, 0.15) is 45.9 Å². The van der Waals surface area contributed by atoms with E-state index in [1.54, 1.807) is 46.6 Å². The van der Waals surface area contributed by atoms with E-state index in [4.69, 9.17) is 0 Å². The van der Waals surface area contributed by atoms with Gasteiger partial charge in [0.25, 0.3) is 11.8 Å². The largest absolute Gasteiger partial charge is 0.349 e. The molecule has 0 radical (unpaired) electrons. The number of nitrogens with one attached hydrogen (secondary N) is 1. The number of halogens is 2. The Bertz CT molecular complexity index is 1710. The van der Waals surface area contributed by atoms with E-state index in [0.29, 0.717) is 38.9 Å². The predicted octanol–water partition coefficient (Wildman–Crippen LogP) is 6.20. The number of carbonyl (C=O) groups is 2. The van der Waals surface area contributed by atoms with Crippen molar-refractivity contribution in [1.82, 2.24) is 24.6 Å². The van der Waals surface area contributed by atoms with Crippen LogP contribution >= 0.6 is 22.7 Å². The second kappa shape index (κ2) is 10.9. The highest BCUT2D eigenvalue weighted by Gasteiger charge is 2.32. The van der Waals surface area contributed by atoms with Crippen molar-refractivity contribution in [3.63, 3.8) is 0 Å². The molecule has 6 rings (SSSR count). The van der Waals surface area contributed by atoms with Crippen LogP contribution in [-0.4, -0.2) is 50.2 Å². The summed E-state index contributed by atoms with van der Waals surface area (Å²) in [6, 6.07) is 11.9. The highest BCUT2D eigenvalue weighted by Crippen LogP contribution is 2.38. The van der Waals surface area contributed by atoms with E-state index in [1.165, 1.54) is 40.9 Å². The number of carbonyl (C=O) groups excluding carboxylic acids is 2. The van der Waals surface area contributed by atoms with Gasteiger partial charge in [-0.25, -0.2) is 18.7 Å². The Kier molecular flexibility index (Phi) is 7.16. The number of aryl methyl sites for hydroxylation is 1. The highest BCUT2D eigenvalue weighted by atomic mass is 32.1. The van der Waals surface area contributed by atoms with Gasteiger partial charge in [-0.3, -0.25) is 14.0 Å². The van der Waals surface area contributed by atoms with Gasteiger partial charge in [-0.1, -0.05) is 24.3 Å². The van der Waals surface area contributed by atoms with Gasteiger partial charge in [-0.15, -0.1) is 22.7 Å². The molecule has 0 spiro atoms. The molecule has 1 saturated heterocycles. The lowest BCUT2D eigenvalue weighted by Crippen LogP contribution is -2.49. The molecule has 1 aliphatic rings. The second-order valence-electron chi connectivity index (χ2n) is 9.64. The Hall–Kier alpha value is -3.96. The summed E-state index contributed by atoms with van der Waals surface area (Å²) in [7, 11) is 0.